The first-order valence-electron chi connectivity index (χ1n) is 13.3. The van der Waals surface area contributed by atoms with Crippen LogP contribution >= 0.6 is 0 Å². The molecule has 1 amide bonds. The summed E-state index contributed by atoms with van der Waals surface area (Å²) in [5, 5.41) is 10.7. The minimum Gasteiger partial charge on any atom is -0.388 e. The Balaban J connectivity index is 2.05. The van der Waals surface area contributed by atoms with Crippen LogP contribution in [0.5, 0.6) is 0 Å². The van der Waals surface area contributed by atoms with Gasteiger partial charge in [-0.3, -0.25) is 9.59 Å². The number of ketones is 1. The fourth-order valence-corrected chi connectivity index (χ4v) is 5.43. The molecule has 2 rings (SSSR count). The number of methoxy groups -OCH3 is 2. The predicted octanol–water partition coefficient (Wildman–Crippen LogP) is 5.04. The zero-order valence-electron chi connectivity index (χ0n) is 22.8. The van der Waals surface area contributed by atoms with Gasteiger partial charge in [0.15, 0.2) is 0 Å². The van der Waals surface area contributed by atoms with Gasteiger partial charge in [-0.25, -0.2) is 0 Å². The van der Waals surface area contributed by atoms with Crippen molar-refractivity contribution in [3.8, 4) is 0 Å². The molecule has 198 valence electrons. The van der Waals surface area contributed by atoms with E-state index in [-0.39, 0.29) is 54.1 Å². The van der Waals surface area contributed by atoms with Crippen molar-refractivity contribution in [2.75, 3.05) is 20.8 Å². The number of carbonyl (C=O) groups is 2. The molecule has 0 aromatic heterocycles. The Hall–Kier alpha value is -1.76. The van der Waals surface area contributed by atoms with E-state index in [0.29, 0.717) is 18.9 Å². The van der Waals surface area contributed by atoms with Crippen molar-refractivity contribution in [2.45, 2.75) is 91.1 Å². The summed E-state index contributed by atoms with van der Waals surface area (Å²) in [7, 11) is 3.31. The van der Waals surface area contributed by atoms with E-state index < -0.39 is 6.10 Å². The van der Waals surface area contributed by atoms with Crippen LogP contribution in [0.15, 0.2) is 30.3 Å². The van der Waals surface area contributed by atoms with Crippen LogP contribution in [0.1, 0.15) is 78.4 Å². The summed E-state index contributed by atoms with van der Waals surface area (Å²) in [5.74, 6) is 0.297. The molecule has 35 heavy (non-hydrogen) atoms. The average molecular weight is 490 g/mol. The van der Waals surface area contributed by atoms with E-state index in [1.54, 1.807) is 14.2 Å². The Morgan fingerprint density at radius 2 is 1.69 bits per heavy atom. The van der Waals surface area contributed by atoms with Gasteiger partial charge in [0.05, 0.1) is 30.8 Å². The number of ether oxygens (including phenoxy) is 2. The number of aliphatic hydroxyl groups excluding tert-OH is 1. The Morgan fingerprint density at radius 3 is 2.26 bits per heavy atom. The van der Waals surface area contributed by atoms with Crippen LogP contribution in [-0.4, -0.2) is 60.7 Å². The quantitative estimate of drug-likeness (QED) is 0.396. The van der Waals surface area contributed by atoms with E-state index in [0.717, 1.165) is 24.8 Å². The highest BCUT2D eigenvalue weighted by atomic mass is 16.5. The summed E-state index contributed by atoms with van der Waals surface area (Å²) >= 11 is 0. The van der Waals surface area contributed by atoms with Gasteiger partial charge in [0, 0.05) is 33.1 Å². The second-order valence-electron chi connectivity index (χ2n) is 10.5. The number of hydrogen-bond donors (Lipinski definition) is 1. The molecule has 0 bridgehead atoms. The van der Waals surface area contributed by atoms with Gasteiger partial charge in [0.2, 0.25) is 5.91 Å². The fourth-order valence-electron chi connectivity index (χ4n) is 5.43. The Kier molecular flexibility index (Phi) is 11.9. The number of hydrogen-bond acceptors (Lipinski definition) is 5. The van der Waals surface area contributed by atoms with Crippen LogP contribution in [0.4, 0.5) is 0 Å². The lowest BCUT2D eigenvalue weighted by molar-refractivity contribution is -0.142. The van der Waals surface area contributed by atoms with Gasteiger partial charge in [-0.2, -0.15) is 0 Å². The van der Waals surface area contributed by atoms with Gasteiger partial charge in [0.25, 0.3) is 0 Å². The van der Waals surface area contributed by atoms with Crippen LogP contribution < -0.4 is 0 Å². The lowest BCUT2D eigenvalue weighted by Gasteiger charge is -2.35. The van der Waals surface area contributed by atoms with Crippen LogP contribution in [0.2, 0.25) is 0 Å². The summed E-state index contributed by atoms with van der Waals surface area (Å²) in [6.07, 6.45) is 2.18. The van der Waals surface area contributed by atoms with Crippen molar-refractivity contribution in [3.05, 3.63) is 35.9 Å². The maximum Gasteiger partial charge on any atom is 0.225 e. The van der Waals surface area contributed by atoms with Crippen LogP contribution in [0, 0.1) is 23.7 Å². The Morgan fingerprint density at radius 1 is 1.03 bits per heavy atom. The third-order valence-electron chi connectivity index (χ3n) is 8.28. The summed E-state index contributed by atoms with van der Waals surface area (Å²) in [6, 6.07) is 9.32. The lowest BCUT2D eigenvalue weighted by Crippen LogP contribution is -2.49. The minimum atomic E-state index is -0.698. The molecule has 0 radical (unpaired) electrons. The number of carbonyl (C=O) groups excluding carboxylic acids is 2. The molecule has 1 aromatic rings. The molecular weight excluding hydrogens is 442 g/mol. The first kappa shape index (κ1) is 29.5. The molecule has 8 atom stereocenters. The molecule has 0 aliphatic carbocycles. The fraction of sp³-hybridized carbons (Fsp3) is 0.724. The molecule has 1 N–H and O–H groups in total. The van der Waals surface area contributed by atoms with Crippen molar-refractivity contribution in [2.24, 2.45) is 23.7 Å². The second kappa shape index (κ2) is 14.1. The van der Waals surface area contributed by atoms with Crippen molar-refractivity contribution >= 4 is 11.7 Å². The minimum absolute atomic E-state index is 0.0544. The maximum absolute atomic E-state index is 13.3. The maximum atomic E-state index is 13.3. The zero-order valence-corrected chi connectivity index (χ0v) is 22.8. The molecule has 6 heteroatoms. The van der Waals surface area contributed by atoms with Crippen molar-refractivity contribution in [1.82, 2.24) is 4.90 Å². The first-order chi connectivity index (χ1) is 16.7. The SMILES string of the molecule is CC[C@H](C)[C@H](C)[C@@H](CC(=O)N1CCC[C@H]1[C@H](OC)[C@@H](C)C(=O)C[C@H](C)[C@@H](O)c1ccccc1)OC. The van der Waals surface area contributed by atoms with Crippen molar-refractivity contribution < 1.29 is 24.2 Å². The predicted molar refractivity (Wildman–Crippen MR) is 139 cm³/mol. The third-order valence-corrected chi connectivity index (χ3v) is 8.28. The average Bonchev–Trinajstić information content (AvgIpc) is 3.36. The van der Waals surface area contributed by atoms with Crippen LogP contribution in [-0.2, 0) is 19.1 Å². The molecule has 0 unspecified atom stereocenters. The molecular formula is C29H47NO5. The number of Topliss-reactive ketones (excluding diaryl/α,β-unsaturated/α-hetero) is 1. The summed E-state index contributed by atoms with van der Waals surface area (Å²) in [6.45, 7) is 11.0. The number of aliphatic hydroxyl groups is 1. The van der Waals surface area contributed by atoms with E-state index >= 15 is 0 Å². The molecule has 1 saturated heterocycles. The topological polar surface area (TPSA) is 76.1 Å². The van der Waals surface area contributed by atoms with E-state index in [9.17, 15) is 14.7 Å². The summed E-state index contributed by atoms with van der Waals surface area (Å²) in [4.78, 5) is 28.5. The van der Waals surface area contributed by atoms with Gasteiger partial charge in [0.1, 0.15) is 5.78 Å². The van der Waals surface area contributed by atoms with Crippen LogP contribution in [0.25, 0.3) is 0 Å². The second-order valence-corrected chi connectivity index (χ2v) is 10.5. The number of nitrogens with zero attached hydrogens (tertiary/aromatic N) is 1. The highest BCUT2D eigenvalue weighted by Gasteiger charge is 2.40. The molecule has 1 aliphatic rings. The van der Waals surface area contributed by atoms with E-state index in [1.165, 1.54) is 0 Å². The number of likely N-dealkylation sites (tertiary alicyclic amines) is 1. The van der Waals surface area contributed by atoms with Crippen molar-refractivity contribution in [3.63, 3.8) is 0 Å². The van der Waals surface area contributed by atoms with Gasteiger partial charge in [-0.15, -0.1) is 0 Å². The van der Waals surface area contributed by atoms with Gasteiger partial charge < -0.3 is 19.5 Å². The van der Waals surface area contributed by atoms with Crippen molar-refractivity contribution in [1.29, 1.82) is 0 Å². The zero-order chi connectivity index (χ0) is 26.1. The monoisotopic (exact) mass is 489 g/mol. The first-order valence-corrected chi connectivity index (χ1v) is 13.3. The highest BCUT2D eigenvalue weighted by Crippen LogP contribution is 2.31. The molecule has 0 saturated carbocycles. The number of benzene rings is 1. The largest absolute Gasteiger partial charge is 0.388 e. The van der Waals surface area contributed by atoms with E-state index in [4.69, 9.17) is 9.47 Å². The van der Waals surface area contributed by atoms with Crippen LogP contribution in [0.3, 0.4) is 0 Å². The lowest BCUT2D eigenvalue weighted by atomic mass is 9.85. The Labute approximate surface area is 212 Å². The molecule has 1 aliphatic heterocycles. The molecule has 1 heterocycles. The summed E-state index contributed by atoms with van der Waals surface area (Å²) in [5.41, 5.74) is 0.815. The molecule has 6 nitrogen and oxygen atoms in total. The number of rotatable bonds is 14. The molecule has 1 fully saturated rings. The smallest absolute Gasteiger partial charge is 0.225 e. The van der Waals surface area contributed by atoms with Gasteiger partial charge in [-0.05, 0) is 36.2 Å². The number of amides is 1. The Bertz CT molecular complexity index is 785. The molecule has 0 spiro atoms. The highest BCUT2D eigenvalue weighted by molar-refractivity contribution is 5.82. The summed E-state index contributed by atoms with van der Waals surface area (Å²) < 4.78 is 11.6. The van der Waals surface area contributed by atoms with E-state index in [2.05, 4.69) is 20.8 Å². The van der Waals surface area contributed by atoms with Gasteiger partial charge in [-0.1, -0.05) is 71.4 Å². The molecule has 1 aromatic carbocycles. The third kappa shape index (κ3) is 7.61. The van der Waals surface area contributed by atoms with Gasteiger partial charge >= 0.3 is 0 Å². The van der Waals surface area contributed by atoms with E-state index in [1.807, 2.05) is 49.1 Å². The standard InChI is InChI=1S/C29H47NO5/c1-8-19(2)21(4)26(34-6)18-27(32)30-16-12-15-24(30)29(35-7)22(5)25(31)17-20(3)28(33)23-13-10-9-11-14-23/h9-11,13-14,19-22,24,26,28-29,33H,8,12,15-18H2,1-7H3/t19-,20-,21-,22-,24-,26+,28+,29+/m0/s1. The normalized spacial score (nSPS) is 22.2.